The van der Waals surface area contributed by atoms with Gasteiger partial charge in [-0.1, -0.05) is 52.5 Å². The van der Waals surface area contributed by atoms with Gasteiger partial charge in [0.2, 0.25) is 10.0 Å². The summed E-state index contributed by atoms with van der Waals surface area (Å²) in [7, 11) is -3.67. The number of ketones is 1. The second kappa shape index (κ2) is 9.17. The molecule has 2 aromatic carbocycles. The van der Waals surface area contributed by atoms with E-state index >= 15 is 0 Å². The zero-order valence-corrected chi connectivity index (χ0v) is 18.9. The third-order valence-electron chi connectivity index (χ3n) is 5.32. The molecule has 0 atom stereocenters. The van der Waals surface area contributed by atoms with Crippen molar-refractivity contribution >= 4 is 39.0 Å². The lowest BCUT2D eigenvalue weighted by Crippen LogP contribution is -2.40. The van der Waals surface area contributed by atoms with Gasteiger partial charge in [-0.25, -0.2) is 8.42 Å². The van der Waals surface area contributed by atoms with Gasteiger partial charge < -0.3 is 0 Å². The smallest absolute Gasteiger partial charge is 0.243 e. The highest BCUT2D eigenvalue weighted by Gasteiger charge is 2.32. The maximum absolute atomic E-state index is 12.9. The van der Waals surface area contributed by atoms with E-state index in [1.807, 2.05) is 0 Å². The number of hydrogen-bond donors (Lipinski definition) is 0. The molecule has 0 aliphatic carbocycles. The molecule has 0 unspecified atom stereocenters. The number of carbonyl (C=O) groups excluding carboxylic acids is 1. The largest absolute Gasteiger partial charge is 0.299 e. The predicted octanol–water partition coefficient (Wildman–Crippen LogP) is 5.21. The minimum Gasteiger partial charge on any atom is -0.299 e. The van der Waals surface area contributed by atoms with Crippen LogP contribution in [0.5, 0.6) is 0 Å². The molecule has 0 radical (unpaired) electrons. The van der Waals surface area contributed by atoms with Gasteiger partial charge in [-0.05, 0) is 56.9 Å². The van der Waals surface area contributed by atoms with Crippen LogP contribution in [-0.2, 0) is 21.2 Å². The first-order valence-electron chi connectivity index (χ1n) is 9.71. The summed E-state index contributed by atoms with van der Waals surface area (Å²) in [4.78, 5) is 12.7. The van der Waals surface area contributed by atoms with Gasteiger partial charge in [0.25, 0.3) is 0 Å². The molecule has 1 heterocycles. The Morgan fingerprint density at radius 3 is 2.07 bits per heavy atom. The van der Waals surface area contributed by atoms with Crippen molar-refractivity contribution in [1.82, 2.24) is 4.31 Å². The van der Waals surface area contributed by atoms with E-state index in [-0.39, 0.29) is 26.6 Å². The minimum atomic E-state index is -3.67. The SMILES string of the molecule is Cc1cc(C)cc(CCC(=O)C2CCN(S(=O)(=O)c3cc(Cl)cc(Cl)c3)CC2)c1. The normalized spacial score (nSPS) is 16.1. The minimum absolute atomic E-state index is 0.0877. The molecule has 3 rings (SSSR count). The number of halogens is 2. The topological polar surface area (TPSA) is 54.5 Å². The number of benzene rings is 2. The molecule has 0 bridgehead atoms. The summed E-state index contributed by atoms with van der Waals surface area (Å²) in [5, 5.41) is 0.569. The fourth-order valence-electron chi connectivity index (χ4n) is 3.93. The first-order chi connectivity index (χ1) is 13.6. The number of rotatable bonds is 6. The average Bonchev–Trinajstić information content (AvgIpc) is 2.64. The van der Waals surface area contributed by atoms with Crippen LogP contribution in [0, 0.1) is 19.8 Å². The van der Waals surface area contributed by atoms with Crippen molar-refractivity contribution in [3.05, 3.63) is 63.1 Å². The van der Waals surface area contributed by atoms with E-state index in [0.717, 1.165) is 6.42 Å². The molecule has 29 heavy (non-hydrogen) atoms. The second-order valence-electron chi connectivity index (χ2n) is 7.75. The molecule has 0 amide bonds. The maximum Gasteiger partial charge on any atom is 0.243 e. The molecule has 1 saturated heterocycles. The Bertz CT molecular complexity index is 972. The number of Topliss-reactive ketones (excluding diaryl/α,β-unsaturated/α-hetero) is 1. The van der Waals surface area contributed by atoms with Crippen LogP contribution in [0.3, 0.4) is 0 Å². The summed E-state index contributed by atoms with van der Waals surface area (Å²) in [6.07, 6.45) is 2.30. The van der Waals surface area contributed by atoms with Crippen LogP contribution < -0.4 is 0 Å². The Balaban J connectivity index is 1.58. The summed E-state index contributed by atoms with van der Waals surface area (Å²) < 4.78 is 27.2. The molecular formula is C22H25Cl2NO3S. The maximum atomic E-state index is 12.9. The van der Waals surface area contributed by atoms with E-state index in [4.69, 9.17) is 23.2 Å². The number of carbonyl (C=O) groups is 1. The number of piperidine rings is 1. The molecule has 1 aliphatic heterocycles. The van der Waals surface area contributed by atoms with Crippen molar-refractivity contribution in [2.75, 3.05) is 13.1 Å². The highest BCUT2D eigenvalue weighted by atomic mass is 35.5. The lowest BCUT2D eigenvalue weighted by molar-refractivity contribution is -0.123. The van der Waals surface area contributed by atoms with Crippen molar-refractivity contribution in [3.8, 4) is 0 Å². The average molecular weight is 454 g/mol. The van der Waals surface area contributed by atoms with Gasteiger partial charge in [0, 0.05) is 35.5 Å². The summed E-state index contributed by atoms with van der Waals surface area (Å²) >= 11 is 11.9. The van der Waals surface area contributed by atoms with Crippen LogP contribution in [-0.4, -0.2) is 31.6 Å². The van der Waals surface area contributed by atoms with E-state index in [2.05, 4.69) is 32.0 Å². The van der Waals surface area contributed by atoms with Crippen molar-refractivity contribution in [2.24, 2.45) is 5.92 Å². The number of aryl methyl sites for hydroxylation is 3. The summed E-state index contributed by atoms with van der Waals surface area (Å²) in [6, 6.07) is 10.7. The Morgan fingerprint density at radius 1 is 0.966 bits per heavy atom. The van der Waals surface area contributed by atoms with Gasteiger partial charge in [0.15, 0.2) is 0 Å². The number of nitrogens with zero attached hydrogens (tertiary/aromatic N) is 1. The van der Waals surface area contributed by atoms with Crippen LogP contribution in [0.25, 0.3) is 0 Å². The molecule has 156 valence electrons. The van der Waals surface area contributed by atoms with E-state index in [1.54, 1.807) is 0 Å². The van der Waals surface area contributed by atoms with E-state index in [0.29, 0.717) is 32.4 Å². The van der Waals surface area contributed by atoms with Crippen LogP contribution >= 0.6 is 23.2 Å². The van der Waals surface area contributed by atoms with Gasteiger partial charge in [0.05, 0.1) is 4.90 Å². The number of hydrogen-bond acceptors (Lipinski definition) is 3. The summed E-state index contributed by atoms with van der Waals surface area (Å²) in [5.41, 5.74) is 3.58. The molecule has 0 N–H and O–H groups in total. The third-order valence-corrected chi connectivity index (χ3v) is 7.64. The van der Waals surface area contributed by atoms with E-state index in [1.165, 1.54) is 39.2 Å². The first kappa shape index (κ1) is 22.3. The van der Waals surface area contributed by atoms with Crippen LogP contribution in [0.4, 0.5) is 0 Å². The molecule has 1 fully saturated rings. The Labute approximate surface area is 182 Å². The molecule has 7 heteroatoms. The van der Waals surface area contributed by atoms with Crippen molar-refractivity contribution in [3.63, 3.8) is 0 Å². The van der Waals surface area contributed by atoms with Gasteiger partial charge in [-0.15, -0.1) is 0 Å². The molecule has 2 aromatic rings. The zero-order chi connectivity index (χ0) is 21.2. The second-order valence-corrected chi connectivity index (χ2v) is 10.6. The van der Waals surface area contributed by atoms with E-state index < -0.39 is 10.0 Å². The highest BCUT2D eigenvalue weighted by molar-refractivity contribution is 7.89. The van der Waals surface area contributed by atoms with Crippen molar-refractivity contribution < 1.29 is 13.2 Å². The number of sulfonamides is 1. The monoisotopic (exact) mass is 453 g/mol. The van der Waals surface area contributed by atoms with Crippen molar-refractivity contribution in [2.45, 2.75) is 44.4 Å². The molecule has 0 saturated carbocycles. The standard InChI is InChI=1S/C22H25Cl2NO3S/c1-15-9-16(2)11-17(10-15)3-4-22(26)18-5-7-25(8-6-18)29(27,28)21-13-19(23)12-20(24)14-21/h9-14,18H,3-8H2,1-2H3. The molecule has 4 nitrogen and oxygen atoms in total. The zero-order valence-electron chi connectivity index (χ0n) is 16.6. The summed E-state index contributed by atoms with van der Waals surface area (Å²) in [5.74, 6) is 0.127. The van der Waals surface area contributed by atoms with Crippen molar-refractivity contribution in [1.29, 1.82) is 0 Å². The molecule has 0 spiro atoms. The molecule has 0 aromatic heterocycles. The summed E-state index contributed by atoms with van der Waals surface area (Å²) in [6.45, 7) is 4.77. The third kappa shape index (κ3) is 5.60. The van der Waals surface area contributed by atoms with E-state index in [9.17, 15) is 13.2 Å². The Hall–Kier alpha value is -1.40. The lowest BCUT2D eigenvalue weighted by atomic mass is 9.90. The fourth-order valence-corrected chi connectivity index (χ4v) is 6.13. The van der Waals surface area contributed by atoms with Crippen LogP contribution in [0.2, 0.25) is 10.0 Å². The quantitative estimate of drug-likeness (QED) is 0.602. The molecular weight excluding hydrogens is 429 g/mol. The Morgan fingerprint density at radius 2 is 1.52 bits per heavy atom. The lowest BCUT2D eigenvalue weighted by Gasteiger charge is -2.30. The predicted molar refractivity (Wildman–Crippen MR) is 117 cm³/mol. The highest BCUT2D eigenvalue weighted by Crippen LogP contribution is 2.28. The van der Waals surface area contributed by atoms with Crippen LogP contribution in [0.1, 0.15) is 36.0 Å². The van der Waals surface area contributed by atoms with Gasteiger partial charge in [0.1, 0.15) is 5.78 Å². The first-order valence-corrected chi connectivity index (χ1v) is 11.9. The van der Waals surface area contributed by atoms with Gasteiger partial charge in [-0.3, -0.25) is 4.79 Å². The van der Waals surface area contributed by atoms with Crippen LogP contribution in [0.15, 0.2) is 41.3 Å². The fraction of sp³-hybridized carbons (Fsp3) is 0.409. The van der Waals surface area contributed by atoms with Gasteiger partial charge in [-0.2, -0.15) is 4.31 Å². The van der Waals surface area contributed by atoms with Gasteiger partial charge >= 0.3 is 0 Å². The Kier molecular flexibility index (Phi) is 7.05. The molecule has 1 aliphatic rings.